The van der Waals surface area contributed by atoms with E-state index in [0.717, 1.165) is 16.9 Å². The lowest BCUT2D eigenvalue weighted by Crippen LogP contribution is -2.36. The summed E-state index contributed by atoms with van der Waals surface area (Å²) in [7, 11) is 1.67. The fourth-order valence-electron chi connectivity index (χ4n) is 3.80. The highest BCUT2D eigenvalue weighted by atomic mass is 16.5. The predicted octanol–water partition coefficient (Wildman–Crippen LogP) is 2.36. The number of rotatable bonds is 8. The minimum Gasteiger partial charge on any atom is -0.383 e. The van der Waals surface area contributed by atoms with Gasteiger partial charge in [0.25, 0.3) is 0 Å². The maximum atomic E-state index is 12.8. The molecule has 2 aromatic rings. The fraction of sp³-hybridized carbons (Fsp3) is 0.571. The molecule has 1 aliphatic rings. The number of amides is 2. The largest absolute Gasteiger partial charge is 0.383 e. The number of likely N-dealkylation sites (tertiary alicyclic amines) is 1. The summed E-state index contributed by atoms with van der Waals surface area (Å²) in [6.45, 7) is 8.51. The van der Waals surface area contributed by atoms with Crippen molar-refractivity contribution in [1.82, 2.24) is 19.8 Å². The van der Waals surface area contributed by atoms with Crippen molar-refractivity contribution >= 4 is 22.8 Å². The van der Waals surface area contributed by atoms with Crippen LogP contribution in [0.5, 0.6) is 0 Å². The number of aromatic nitrogens is 2. The van der Waals surface area contributed by atoms with Gasteiger partial charge in [0, 0.05) is 33.2 Å². The van der Waals surface area contributed by atoms with Gasteiger partial charge in [-0.25, -0.2) is 4.98 Å². The maximum Gasteiger partial charge on any atom is 0.226 e. The number of imidazole rings is 1. The molecule has 1 aromatic heterocycles. The molecule has 1 fully saturated rings. The lowest BCUT2D eigenvalue weighted by molar-refractivity contribution is -0.129. The number of hydrogen-bond acceptors (Lipinski definition) is 4. The zero-order chi connectivity index (χ0) is 20.3. The Morgan fingerprint density at radius 2 is 2.07 bits per heavy atom. The second-order valence-corrected chi connectivity index (χ2v) is 7.93. The van der Waals surface area contributed by atoms with E-state index in [-0.39, 0.29) is 30.2 Å². The predicted molar refractivity (Wildman–Crippen MR) is 108 cm³/mol. The highest BCUT2D eigenvalue weighted by molar-refractivity contribution is 5.89. The summed E-state index contributed by atoms with van der Waals surface area (Å²) < 4.78 is 7.33. The monoisotopic (exact) mass is 386 g/mol. The lowest BCUT2D eigenvalue weighted by atomic mass is 10.1. The van der Waals surface area contributed by atoms with Crippen molar-refractivity contribution in [2.75, 3.05) is 26.8 Å². The third kappa shape index (κ3) is 4.35. The van der Waals surface area contributed by atoms with Crippen LogP contribution < -0.4 is 5.32 Å². The van der Waals surface area contributed by atoms with Gasteiger partial charge in [-0.3, -0.25) is 9.59 Å². The van der Waals surface area contributed by atoms with E-state index in [0.29, 0.717) is 32.2 Å². The van der Waals surface area contributed by atoms with Crippen molar-refractivity contribution in [2.24, 2.45) is 11.8 Å². The number of benzene rings is 1. The van der Waals surface area contributed by atoms with Crippen LogP contribution in [0.15, 0.2) is 24.3 Å². The summed E-state index contributed by atoms with van der Waals surface area (Å²) >= 11 is 0. The number of fused-ring (bicyclic) bond motifs is 1. The molecule has 2 atom stereocenters. The standard InChI is InChI=1S/C21H30N4O3/c1-14(2)12-24-13-16(11-19(24)26)21(27)22-15(3)20-23-17-7-5-6-8-18(17)25(20)9-10-28-4/h5-8,14-16H,9-13H2,1-4H3,(H,22,27)/t15-,16-/m0/s1. The number of carbonyl (C=O) groups is 2. The fourth-order valence-corrected chi connectivity index (χ4v) is 3.80. The first-order valence-corrected chi connectivity index (χ1v) is 9.93. The molecule has 1 saturated heterocycles. The molecule has 1 aliphatic heterocycles. The SMILES string of the molecule is COCCn1c([C@H](C)NC(=O)[C@H]2CC(=O)N(CC(C)C)C2)nc2ccccc21. The number of ether oxygens (including phenoxy) is 1. The van der Waals surface area contributed by atoms with Gasteiger partial charge < -0.3 is 19.5 Å². The van der Waals surface area contributed by atoms with Crippen molar-refractivity contribution in [3.05, 3.63) is 30.1 Å². The van der Waals surface area contributed by atoms with Crippen molar-refractivity contribution in [2.45, 2.75) is 39.8 Å². The van der Waals surface area contributed by atoms with Crippen LogP contribution >= 0.6 is 0 Å². The number of methoxy groups -OCH3 is 1. The summed E-state index contributed by atoms with van der Waals surface area (Å²) in [5.74, 6) is 0.872. The van der Waals surface area contributed by atoms with E-state index in [4.69, 9.17) is 9.72 Å². The smallest absolute Gasteiger partial charge is 0.226 e. The van der Waals surface area contributed by atoms with Gasteiger partial charge in [-0.1, -0.05) is 26.0 Å². The minimum absolute atomic E-state index is 0.0637. The molecular formula is C21H30N4O3. The van der Waals surface area contributed by atoms with E-state index in [2.05, 4.69) is 23.7 Å². The van der Waals surface area contributed by atoms with Gasteiger partial charge in [-0.15, -0.1) is 0 Å². The Morgan fingerprint density at radius 3 is 2.79 bits per heavy atom. The number of nitrogens with one attached hydrogen (secondary N) is 1. The maximum absolute atomic E-state index is 12.8. The third-order valence-electron chi connectivity index (χ3n) is 5.12. The van der Waals surface area contributed by atoms with E-state index < -0.39 is 0 Å². The molecule has 1 aromatic carbocycles. The van der Waals surface area contributed by atoms with Crippen molar-refractivity contribution in [3.63, 3.8) is 0 Å². The Bertz CT molecular complexity index is 845. The molecule has 0 aliphatic carbocycles. The van der Waals surface area contributed by atoms with Crippen LogP contribution in [-0.2, 0) is 20.9 Å². The molecule has 0 saturated carbocycles. The van der Waals surface area contributed by atoms with E-state index in [1.165, 1.54) is 0 Å². The van der Waals surface area contributed by atoms with Gasteiger partial charge in [0.1, 0.15) is 5.82 Å². The summed E-state index contributed by atoms with van der Waals surface area (Å²) in [6.07, 6.45) is 0.283. The first kappa shape index (κ1) is 20.3. The third-order valence-corrected chi connectivity index (χ3v) is 5.12. The van der Waals surface area contributed by atoms with E-state index >= 15 is 0 Å². The number of carbonyl (C=O) groups excluding carboxylic acids is 2. The molecule has 7 heteroatoms. The van der Waals surface area contributed by atoms with Crippen molar-refractivity contribution in [3.8, 4) is 0 Å². The van der Waals surface area contributed by atoms with Gasteiger partial charge in [-0.05, 0) is 25.0 Å². The van der Waals surface area contributed by atoms with Gasteiger partial charge in [0.15, 0.2) is 0 Å². The Morgan fingerprint density at radius 1 is 1.32 bits per heavy atom. The normalized spacial score (nSPS) is 18.2. The summed E-state index contributed by atoms with van der Waals surface area (Å²) in [6, 6.07) is 7.67. The molecule has 2 amide bonds. The van der Waals surface area contributed by atoms with Crippen LogP contribution in [0.3, 0.4) is 0 Å². The summed E-state index contributed by atoms with van der Waals surface area (Å²) in [5, 5.41) is 3.07. The highest BCUT2D eigenvalue weighted by Gasteiger charge is 2.35. The molecule has 2 heterocycles. The molecule has 0 bridgehead atoms. The van der Waals surface area contributed by atoms with Crippen LogP contribution in [0.2, 0.25) is 0 Å². The Hall–Kier alpha value is -2.41. The highest BCUT2D eigenvalue weighted by Crippen LogP contribution is 2.23. The van der Waals surface area contributed by atoms with Gasteiger partial charge >= 0.3 is 0 Å². The molecule has 0 radical (unpaired) electrons. The number of hydrogen-bond donors (Lipinski definition) is 1. The quantitative estimate of drug-likeness (QED) is 0.756. The molecule has 1 N–H and O–H groups in total. The lowest BCUT2D eigenvalue weighted by Gasteiger charge is -2.20. The number of nitrogens with zero attached hydrogens (tertiary/aromatic N) is 3. The molecule has 152 valence electrons. The molecule has 0 unspecified atom stereocenters. The van der Waals surface area contributed by atoms with Crippen LogP contribution in [0.1, 0.15) is 39.1 Å². The van der Waals surface area contributed by atoms with Gasteiger partial charge in [0.2, 0.25) is 11.8 Å². The van der Waals surface area contributed by atoms with Gasteiger partial charge in [0.05, 0.1) is 29.6 Å². The average Bonchev–Trinajstić information content (AvgIpc) is 3.20. The van der Waals surface area contributed by atoms with E-state index in [1.54, 1.807) is 12.0 Å². The first-order chi connectivity index (χ1) is 13.4. The molecule has 0 spiro atoms. The second kappa shape index (κ2) is 8.73. The Kier molecular flexibility index (Phi) is 6.34. The summed E-state index contributed by atoms with van der Waals surface area (Å²) in [4.78, 5) is 31.5. The molecule has 3 rings (SSSR count). The summed E-state index contributed by atoms with van der Waals surface area (Å²) in [5.41, 5.74) is 1.92. The molecular weight excluding hydrogens is 356 g/mol. The minimum atomic E-state index is -0.300. The van der Waals surface area contributed by atoms with Crippen LogP contribution in [0.4, 0.5) is 0 Å². The van der Waals surface area contributed by atoms with Crippen LogP contribution in [-0.4, -0.2) is 53.1 Å². The van der Waals surface area contributed by atoms with Crippen molar-refractivity contribution in [1.29, 1.82) is 0 Å². The Labute approximate surface area is 166 Å². The van der Waals surface area contributed by atoms with Crippen LogP contribution in [0, 0.1) is 11.8 Å². The zero-order valence-corrected chi connectivity index (χ0v) is 17.1. The van der Waals surface area contributed by atoms with Crippen molar-refractivity contribution < 1.29 is 14.3 Å². The zero-order valence-electron chi connectivity index (χ0n) is 17.1. The Balaban J connectivity index is 1.73. The van der Waals surface area contributed by atoms with E-state index in [9.17, 15) is 9.59 Å². The second-order valence-electron chi connectivity index (χ2n) is 7.93. The van der Waals surface area contributed by atoms with E-state index in [1.807, 2.05) is 31.2 Å². The first-order valence-electron chi connectivity index (χ1n) is 9.93. The van der Waals surface area contributed by atoms with Gasteiger partial charge in [-0.2, -0.15) is 0 Å². The average molecular weight is 386 g/mol. The molecule has 28 heavy (non-hydrogen) atoms. The van der Waals surface area contributed by atoms with Crippen LogP contribution in [0.25, 0.3) is 11.0 Å². The number of para-hydroxylation sites is 2. The topological polar surface area (TPSA) is 76.5 Å². The molecule has 7 nitrogen and oxygen atoms in total.